The normalized spacial score (nSPS) is 26.8. The van der Waals surface area contributed by atoms with Crippen molar-refractivity contribution in [2.75, 3.05) is 31.6 Å². The molecule has 2 atom stereocenters. The van der Waals surface area contributed by atoms with Gasteiger partial charge in [-0.25, -0.2) is 4.79 Å². The number of carbonyl (C=O) groups is 1. The third-order valence-electron chi connectivity index (χ3n) is 4.11. The summed E-state index contributed by atoms with van der Waals surface area (Å²) in [4.78, 5) is 14.2. The molecule has 0 bridgehead atoms. The summed E-state index contributed by atoms with van der Waals surface area (Å²) >= 11 is 0. The first-order valence-electron chi connectivity index (χ1n) is 7.83. The maximum atomic E-state index is 12.6. The molecule has 1 spiro atoms. The molecule has 132 valence electrons. The molecule has 2 heterocycles. The highest BCUT2D eigenvalue weighted by Crippen LogP contribution is 2.31. The molecule has 2 aliphatic rings. The van der Waals surface area contributed by atoms with Crippen LogP contribution in [0.4, 0.5) is 19.3 Å². The molecule has 24 heavy (non-hydrogen) atoms. The summed E-state index contributed by atoms with van der Waals surface area (Å²) in [6.07, 6.45) is 0.602. The molecule has 3 rings (SSSR count). The van der Waals surface area contributed by atoms with Crippen molar-refractivity contribution in [2.24, 2.45) is 0 Å². The summed E-state index contributed by atoms with van der Waals surface area (Å²) in [5.74, 6) is -0.0685. The number of urea groups is 1. The van der Waals surface area contributed by atoms with E-state index in [2.05, 4.69) is 10.1 Å². The number of rotatable bonds is 3. The highest BCUT2D eigenvalue weighted by atomic mass is 19.3. The number of para-hydroxylation sites is 2. The molecule has 2 amide bonds. The lowest BCUT2D eigenvalue weighted by Gasteiger charge is -2.42. The van der Waals surface area contributed by atoms with Crippen LogP contribution in [0, 0.1) is 0 Å². The molecule has 0 radical (unpaired) electrons. The number of ether oxygens (including phenoxy) is 3. The number of carbonyl (C=O) groups excluding carboxylic acids is 1. The van der Waals surface area contributed by atoms with Gasteiger partial charge in [-0.2, -0.15) is 8.78 Å². The molecular weight excluding hydrogens is 322 g/mol. The van der Waals surface area contributed by atoms with E-state index in [1.165, 1.54) is 12.1 Å². The van der Waals surface area contributed by atoms with Crippen LogP contribution in [0.5, 0.6) is 5.75 Å². The second-order valence-electron chi connectivity index (χ2n) is 6.10. The molecule has 8 heteroatoms. The number of anilines is 1. The summed E-state index contributed by atoms with van der Waals surface area (Å²) in [5, 5.41) is 2.64. The van der Waals surface area contributed by atoms with Crippen LogP contribution in [-0.2, 0) is 9.47 Å². The standard InChI is InChI=1S/C16H20F2N2O4/c1-11-8-20(9-16(24-11)6-7-22-10-16)15(21)19-12-4-2-3-5-13(12)23-14(17)18/h2-5,11,14H,6-10H2,1H3,(H,19,21)/t11-,16-/m0/s1. The maximum Gasteiger partial charge on any atom is 0.387 e. The van der Waals surface area contributed by atoms with Gasteiger partial charge in [0.2, 0.25) is 0 Å². The molecule has 2 saturated heterocycles. The van der Waals surface area contributed by atoms with E-state index >= 15 is 0 Å². The third kappa shape index (κ3) is 3.76. The Hall–Kier alpha value is -1.93. The van der Waals surface area contributed by atoms with Crippen molar-refractivity contribution in [3.8, 4) is 5.75 Å². The Balaban J connectivity index is 1.70. The Bertz CT molecular complexity index is 593. The van der Waals surface area contributed by atoms with Crippen molar-refractivity contribution in [1.29, 1.82) is 0 Å². The van der Waals surface area contributed by atoms with Gasteiger partial charge in [0.05, 0.1) is 24.9 Å². The Kier molecular flexibility index (Phi) is 4.86. The number of morpholine rings is 1. The molecule has 1 aromatic rings. The van der Waals surface area contributed by atoms with Crippen LogP contribution < -0.4 is 10.1 Å². The minimum atomic E-state index is -2.95. The number of nitrogens with zero attached hydrogens (tertiary/aromatic N) is 1. The molecule has 2 aliphatic heterocycles. The van der Waals surface area contributed by atoms with Gasteiger partial charge < -0.3 is 24.4 Å². The van der Waals surface area contributed by atoms with Crippen LogP contribution in [0.1, 0.15) is 13.3 Å². The first-order valence-corrected chi connectivity index (χ1v) is 7.83. The van der Waals surface area contributed by atoms with Gasteiger partial charge in [-0.3, -0.25) is 0 Å². The largest absolute Gasteiger partial charge is 0.433 e. The molecule has 1 aromatic carbocycles. The van der Waals surface area contributed by atoms with Crippen LogP contribution in [0.3, 0.4) is 0 Å². The topological polar surface area (TPSA) is 60.0 Å². The molecule has 0 aliphatic carbocycles. The second kappa shape index (κ2) is 6.90. The van der Waals surface area contributed by atoms with Crippen LogP contribution in [0.15, 0.2) is 24.3 Å². The van der Waals surface area contributed by atoms with Gasteiger partial charge in [-0.05, 0) is 19.1 Å². The van der Waals surface area contributed by atoms with Crippen molar-refractivity contribution < 1.29 is 27.8 Å². The summed E-state index contributed by atoms with van der Waals surface area (Å²) in [5.41, 5.74) is -0.271. The van der Waals surface area contributed by atoms with Crippen LogP contribution in [-0.4, -0.2) is 55.6 Å². The van der Waals surface area contributed by atoms with Crippen molar-refractivity contribution >= 4 is 11.7 Å². The number of alkyl halides is 2. The zero-order chi connectivity index (χ0) is 17.2. The smallest absolute Gasteiger partial charge is 0.387 e. The van der Waals surface area contributed by atoms with Crippen LogP contribution in [0.25, 0.3) is 0 Å². The van der Waals surface area contributed by atoms with E-state index in [1.807, 2.05) is 6.92 Å². The fourth-order valence-corrected chi connectivity index (χ4v) is 3.15. The molecule has 0 unspecified atom stereocenters. The number of benzene rings is 1. The minimum absolute atomic E-state index is 0.0685. The molecule has 0 saturated carbocycles. The fourth-order valence-electron chi connectivity index (χ4n) is 3.15. The first-order chi connectivity index (χ1) is 11.5. The predicted molar refractivity (Wildman–Crippen MR) is 82.4 cm³/mol. The van der Waals surface area contributed by atoms with Crippen LogP contribution in [0.2, 0.25) is 0 Å². The van der Waals surface area contributed by atoms with E-state index < -0.39 is 12.2 Å². The van der Waals surface area contributed by atoms with Crippen molar-refractivity contribution in [2.45, 2.75) is 31.7 Å². The van der Waals surface area contributed by atoms with E-state index in [1.54, 1.807) is 17.0 Å². The van der Waals surface area contributed by atoms with Gasteiger partial charge >= 0.3 is 12.6 Å². The first kappa shape index (κ1) is 16.9. The van der Waals surface area contributed by atoms with E-state index in [0.717, 1.165) is 6.42 Å². The average Bonchev–Trinajstić information content (AvgIpc) is 2.95. The average molecular weight is 342 g/mol. The van der Waals surface area contributed by atoms with E-state index in [9.17, 15) is 13.6 Å². The molecular formula is C16H20F2N2O4. The quantitative estimate of drug-likeness (QED) is 0.918. The van der Waals surface area contributed by atoms with Crippen molar-refractivity contribution in [1.82, 2.24) is 4.90 Å². The molecule has 1 N–H and O–H groups in total. The van der Waals surface area contributed by atoms with Crippen molar-refractivity contribution in [3.63, 3.8) is 0 Å². The number of amides is 2. The van der Waals surface area contributed by atoms with Gasteiger partial charge in [0.15, 0.2) is 0 Å². The third-order valence-corrected chi connectivity index (χ3v) is 4.11. The highest BCUT2D eigenvalue weighted by Gasteiger charge is 2.44. The SMILES string of the molecule is C[C@H]1CN(C(=O)Nc2ccccc2OC(F)F)C[C@]2(CCOC2)O1. The fraction of sp³-hybridized carbons (Fsp3) is 0.562. The molecule has 0 aromatic heterocycles. The van der Waals surface area contributed by atoms with Gasteiger partial charge in [-0.1, -0.05) is 12.1 Å². The van der Waals surface area contributed by atoms with Gasteiger partial charge in [0.25, 0.3) is 0 Å². The summed E-state index contributed by atoms with van der Waals surface area (Å²) in [7, 11) is 0. The lowest BCUT2D eigenvalue weighted by Crippen LogP contribution is -2.57. The lowest BCUT2D eigenvalue weighted by atomic mass is 9.99. The minimum Gasteiger partial charge on any atom is -0.433 e. The summed E-state index contributed by atoms with van der Waals surface area (Å²) in [6, 6.07) is 5.74. The Morgan fingerprint density at radius 3 is 2.96 bits per heavy atom. The second-order valence-corrected chi connectivity index (χ2v) is 6.10. The number of nitrogens with one attached hydrogen (secondary N) is 1. The lowest BCUT2D eigenvalue weighted by molar-refractivity contribution is -0.136. The van der Waals surface area contributed by atoms with E-state index in [-0.39, 0.29) is 23.6 Å². The molecule has 2 fully saturated rings. The number of hydrogen-bond acceptors (Lipinski definition) is 4. The van der Waals surface area contributed by atoms with Crippen LogP contribution >= 0.6 is 0 Å². The number of halogens is 2. The predicted octanol–water partition coefficient (Wildman–Crippen LogP) is 2.70. The monoisotopic (exact) mass is 342 g/mol. The van der Waals surface area contributed by atoms with E-state index in [4.69, 9.17) is 9.47 Å². The Morgan fingerprint density at radius 1 is 1.46 bits per heavy atom. The Labute approximate surface area is 138 Å². The van der Waals surface area contributed by atoms with Gasteiger partial charge in [0.1, 0.15) is 11.4 Å². The summed E-state index contributed by atoms with van der Waals surface area (Å²) < 4.78 is 40.8. The highest BCUT2D eigenvalue weighted by molar-refractivity contribution is 5.91. The van der Waals surface area contributed by atoms with E-state index in [0.29, 0.717) is 26.3 Å². The zero-order valence-electron chi connectivity index (χ0n) is 13.3. The zero-order valence-corrected chi connectivity index (χ0v) is 13.3. The number of hydrogen-bond donors (Lipinski definition) is 1. The summed E-state index contributed by atoms with van der Waals surface area (Å²) in [6.45, 7) is 0.824. The Morgan fingerprint density at radius 2 is 2.25 bits per heavy atom. The van der Waals surface area contributed by atoms with Crippen molar-refractivity contribution in [3.05, 3.63) is 24.3 Å². The molecule has 6 nitrogen and oxygen atoms in total. The van der Waals surface area contributed by atoms with Gasteiger partial charge in [-0.15, -0.1) is 0 Å². The maximum absolute atomic E-state index is 12.6. The van der Waals surface area contributed by atoms with Gasteiger partial charge in [0, 0.05) is 19.6 Å².